The molecule has 0 radical (unpaired) electrons. The molecule has 0 aliphatic rings. The lowest BCUT2D eigenvalue weighted by Crippen LogP contribution is -2.22. The van der Waals surface area contributed by atoms with Crippen LogP contribution in [0.5, 0.6) is 0 Å². The van der Waals surface area contributed by atoms with E-state index in [0.717, 1.165) is 16.3 Å². The van der Waals surface area contributed by atoms with E-state index in [-0.39, 0.29) is 11.0 Å². The Hall–Kier alpha value is -1.64. The molecule has 0 saturated heterocycles. The van der Waals surface area contributed by atoms with Crippen LogP contribution < -0.4 is 5.56 Å². The van der Waals surface area contributed by atoms with Crippen LogP contribution in [0.3, 0.4) is 0 Å². The number of hydrogen-bond acceptors (Lipinski definition) is 2. The molecule has 3 nitrogen and oxygen atoms in total. The molecule has 2 rings (SSSR count). The maximum Gasteiger partial charge on any atom is 0.258 e. The van der Waals surface area contributed by atoms with Crippen molar-refractivity contribution in [3.63, 3.8) is 0 Å². The van der Waals surface area contributed by atoms with Crippen molar-refractivity contribution in [1.29, 1.82) is 0 Å². The summed E-state index contributed by atoms with van der Waals surface area (Å²) in [4.78, 5) is 16.1. The first-order chi connectivity index (χ1) is 7.41. The van der Waals surface area contributed by atoms with Crippen molar-refractivity contribution < 1.29 is 0 Å². The molecule has 0 spiro atoms. The second kappa shape index (κ2) is 3.44. The van der Waals surface area contributed by atoms with Crippen LogP contribution in [0.4, 0.5) is 0 Å². The summed E-state index contributed by atoms with van der Waals surface area (Å²) < 4.78 is 1.64. The molecule has 84 valence electrons. The van der Waals surface area contributed by atoms with Gasteiger partial charge in [0.15, 0.2) is 0 Å². The van der Waals surface area contributed by atoms with E-state index in [9.17, 15) is 4.79 Å². The van der Waals surface area contributed by atoms with Gasteiger partial charge in [0, 0.05) is 31.0 Å². The van der Waals surface area contributed by atoms with E-state index in [0.29, 0.717) is 0 Å². The van der Waals surface area contributed by atoms with Gasteiger partial charge in [-0.1, -0.05) is 20.8 Å². The van der Waals surface area contributed by atoms with E-state index < -0.39 is 0 Å². The molecule has 0 bridgehead atoms. The Morgan fingerprint density at radius 3 is 2.56 bits per heavy atom. The van der Waals surface area contributed by atoms with Gasteiger partial charge in [-0.05, 0) is 17.0 Å². The minimum Gasteiger partial charge on any atom is -0.318 e. The summed E-state index contributed by atoms with van der Waals surface area (Å²) in [7, 11) is 1.79. The molecule has 0 saturated carbocycles. The van der Waals surface area contributed by atoms with Crippen LogP contribution in [0.1, 0.15) is 26.3 Å². The Kier molecular flexibility index (Phi) is 2.34. The maximum atomic E-state index is 11.9. The second-order valence-electron chi connectivity index (χ2n) is 5.13. The van der Waals surface area contributed by atoms with E-state index in [1.165, 1.54) is 0 Å². The van der Waals surface area contributed by atoms with E-state index >= 15 is 0 Å². The monoisotopic (exact) mass is 216 g/mol. The van der Waals surface area contributed by atoms with Crippen molar-refractivity contribution in [3.8, 4) is 0 Å². The van der Waals surface area contributed by atoms with Crippen molar-refractivity contribution in [2.75, 3.05) is 0 Å². The zero-order chi connectivity index (χ0) is 11.9. The fraction of sp³-hybridized carbons (Fsp3) is 0.385. The lowest BCUT2D eigenvalue weighted by molar-refractivity contribution is 0.587. The average Bonchev–Trinajstić information content (AvgIpc) is 2.22. The van der Waals surface area contributed by atoms with Gasteiger partial charge in [0.2, 0.25) is 0 Å². The van der Waals surface area contributed by atoms with Crippen LogP contribution in [0.2, 0.25) is 0 Å². The number of pyridine rings is 2. The second-order valence-corrected chi connectivity index (χ2v) is 5.13. The summed E-state index contributed by atoms with van der Waals surface area (Å²) in [5.74, 6) is 0. The third kappa shape index (κ3) is 1.62. The topological polar surface area (TPSA) is 34.9 Å². The molecule has 0 aliphatic carbocycles. The summed E-state index contributed by atoms with van der Waals surface area (Å²) in [5, 5.41) is 1.70. The molecule has 0 amide bonds. The van der Waals surface area contributed by atoms with Gasteiger partial charge in [0.25, 0.3) is 5.56 Å². The van der Waals surface area contributed by atoms with Gasteiger partial charge in [0.1, 0.15) is 0 Å². The molecule has 3 heteroatoms. The zero-order valence-electron chi connectivity index (χ0n) is 10.1. The highest BCUT2D eigenvalue weighted by molar-refractivity contribution is 5.84. The van der Waals surface area contributed by atoms with E-state index in [2.05, 4.69) is 25.8 Å². The molecule has 2 aromatic heterocycles. The molecule has 16 heavy (non-hydrogen) atoms. The highest BCUT2D eigenvalue weighted by atomic mass is 16.1. The first-order valence-electron chi connectivity index (χ1n) is 5.35. The van der Waals surface area contributed by atoms with Crippen LogP contribution in [0.25, 0.3) is 10.8 Å². The molecule has 2 aromatic rings. The first kappa shape index (κ1) is 10.9. The number of hydrogen-bond donors (Lipinski definition) is 0. The fourth-order valence-electron chi connectivity index (χ4n) is 1.91. The Morgan fingerprint density at radius 2 is 1.94 bits per heavy atom. The summed E-state index contributed by atoms with van der Waals surface area (Å²) in [5.41, 5.74) is 1.19. The summed E-state index contributed by atoms with van der Waals surface area (Å²) in [6.07, 6.45) is 5.35. The SMILES string of the molecule is Cn1cc(C(C)(C)C)c2cnccc2c1=O. The fourth-order valence-corrected chi connectivity index (χ4v) is 1.91. The molecular formula is C13H16N2O. The predicted octanol–water partition coefficient (Wildman–Crippen LogP) is 2.23. The van der Waals surface area contributed by atoms with Crippen LogP contribution in [0, 0.1) is 0 Å². The van der Waals surface area contributed by atoms with Crippen LogP contribution in [-0.2, 0) is 12.5 Å². The lowest BCUT2D eigenvalue weighted by Gasteiger charge is -2.21. The van der Waals surface area contributed by atoms with Gasteiger partial charge >= 0.3 is 0 Å². The van der Waals surface area contributed by atoms with Gasteiger partial charge in [-0.3, -0.25) is 9.78 Å². The largest absolute Gasteiger partial charge is 0.318 e. The third-order valence-electron chi connectivity index (χ3n) is 2.79. The highest BCUT2D eigenvalue weighted by Gasteiger charge is 2.18. The highest BCUT2D eigenvalue weighted by Crippen LogP contribution is 2.27. The summed E-state index contributed by atoms with van der Waals surface area (Å²) in [6.45, 7) is 6.41. The molecule has 0 aromatic carbocycles. The number of aromatic nitrogens is 2. The zero-order valence-corrected chi connectivity index (χ0v) is 10.1. The summed E-state index contributed by atoms with van der Waals surface area (Å²) >= 11 is 0. The van der Waals surface area contributed by atoms with Crippen LogP contribution >= 0.6 is 0 Å². The van der Waals surface area contributed by atoms with Gasteiger partial charge in [-0.2, -0.15) is 0 Å². The number of aryl methyl sites for hydroxylation is 1. The molecule has 0 aliphatic heterocycles. The van der Waals surface area contributed by atoms with Gasteiger partial charge in [-0.25, -0.2) is 0 Å². The quantitative estimate of drug-likeness (QED) is 0.677. The van der Waals surface area contributed by atoms with Crippen molar-refractivity contribution in [1.82, 2.24) is 9.55 Å². The van der Waals surface area contributed by atoms with Gasteiger partial charge < -0.3 is 4.57 Å². The minimum absolute atomic E-state index is 0.00669. The summed E-state index contributed by atoms with van der Waals surface area (Å²) in [6, 6.07) is 1.78. The molecule has 0 fully saturated rings. The average molecular weight is 216 g/mol. The third-order valence-corrected chi connectivity index (χ3v) is 2.79. The first-order valence-corrected chi connectivity index (χ1v) is 5.35. The molecular weight excluding hydrogens is 200 g/mol. The van der Waals surface area contributed by atoms with E-state index in [1.807, 2.05) is 6.20 Å². The Labute approximate surface area is 94.7 Å². The Balaban J connectivity index is 2.97. The molecule has 0 atom stereocenters. The Bertz CT molecular complexity index is 591. The van der Waals surface area contributed by atoms with E-state index in [4.69, 9.17) is 0 Å². The normalized spacial score (nSPS) is 12.0. The van der Waals surface area contributed by atoms with Crippen molar-refractivity contribution in [2.45, 2.75) is 26.2 Å². The maximum absolute atomic E-state index is 11.9. The van der Waals surface area contributed by atoms with Gasteiger partial charge in [-0.15, -0.1) is 0 Å². The molecule has 0 unspecified atom stereocenters. The molecule has 0 N–H and O–H groups in total. The van der Waals surface area contributed by atoms with Crippen molar-refractivity contribution in [2.24, 2.45) is 7.05 Å². The van der Waals surface area contributed by atoms with Gasteiger partial charge in [0.05, 0.1) is 5.39 Å². The smallest absolute Gasteiger partial charge is 0.258 e. The van der Waals surface area contributed by atoms with Crippen molar-refractivity contribution in [3.05, 3.63) is 40.6 Å². The van der Waals surface area contributed by atoms with Crippen LogP contribution in [0.15, 0.2) is 29.5 Å². The number of rotatable bonds is 0. The standard InChI is InChI=1S/C13H16N2O/c1-13(2,3)11-8-15(4)12(16)9-5-6-14-7-10(9)11/h5-8H,1-4H3. The van der Waals surface area contributed by atoms with Crippen LogP contribution in [-0.4, -0.2) is 9.55 Å². The van der Waals surface area contributed by atoms with Crippen molar-refractivity contribution >= 4 is 10.8 Å². The Morgan fingerprint density at radius 1 is 1.25 bits per heavy atom. The number of nitrogens with zero attached hydrogens (tertiary/aromatic N) is 2. The molecule has 2 heterocycles. The predicted molar refractivity (Wildman–Crippen MR) is 65.7 cm³/mol. The lowest BCUT2D eigenvalue weighted by atomic mass is 9.85. The van der Waals surface area contributed by atoms with E-state index in [1.54, 1.807) is 30.1 Å². The number of fused-ring (bicyclic) bond motifs is 1. The minimum atomic E-state index is 0.00669.